The summed E-state index contributed by atoms with van der Waals surface area (Å²) in [5.41, 5.74) is 0. The molecule has 0 heterocycles. The van der Waals surface area contributed by atoms with Gasteiger partial charge in [0.05, 0.1) is 31.2 Å². The third kappa shape index (κ3) is 4.88. The van der Waals surface area contributed by atoms with Crippen LogP contribution in [0, 0.1) is 5.92 Å². The monoisotopic (exact) mass is 272 g/mol. The van der Waals surface area contributed by atoms with Crippen molar-refractivity contribution in [3.05, 3.63) is 12.2 Å². The number of nitrogens with zero attached hydrogens (tertiary/aromatic N) is 1. The molecular formula is C12H20N2O5. The second-order valence-electron chi connectivity index (χ2n) is 4.61. The van der Waals surface area contributed by atoms with Crippen molar-refractivity contribution in [2.45, 2.75) is 18.6 Å². The normalized spacial score (nSPS) is 23.1. The first kappa shape index (κ1) is 15.5. The van der Waals surface area contributed by atoms with Crippen LogP contribution < -0.4 is 5.32 Å². The zero-order chi connectivity index (χ0) is 14.4. The molecule has 3 N–H and O–H groups in total. The number of amides is 2. The number of urea groups is 1. The van der Waals surface area contributed by atoms with E-state index in [9.17, 15) is 14.7 Å². The van der Waals surface area contributed by atoms with Crippen molar-refractivity contribution in [1.29, 1.82) is 0 Å². The van der Waals surface area contributed by atoms with Crippen LogP contribution in [0.2, 0.25) is 0 Å². The molecular weight excluding hydrogens is 252 g/mol. The zero-order valence-electron chi connectivity index (χ0n) is 11.1. The van der Waals surface area contributed by atoms with Crippen LogP contribution in [0.3, 0.4) is 0 Å². The topological polar surface area (TPSA) is 99.1 Å². The molecule has 0 aromatic rings. The van der Waals surface area contributed by atoms with E-state index >= 15 is 0 Å². The minimum Gasteiger partial charge on any atom is -0.481 e. The van der Waals surface area contributed by atoms with Crippen molar-refractivity contribution < 1.29 is 24.5 Å². The standard InChI is InChI=1S/C12H20N2O5/c1-14(6-10(15)7-19-2)12(18)13-9-4-3-8(5-9)11(16)17/h3-4,8-10,15H,5-7H2,1-2H3,(H,13,18)(H,16,17). The van der Waals surface area contributed by atoms with Crippen molar-refractivity contribution >= 4 is 12.0 Å². The van der Waals surface area contributed by atoms with Gasteiger partial charge in [0.1, 0.15) is 0 Å². The van der Waals surface area contributed by atoms with Gasteiger partial charge in [-0.1, -0.05) is 12.2 Å². The number of hydrogen-bond donors (Lipinski definition) is 3. The summed E-state index contributed by atoms with van der Waals surface area (Å²) >= 11 is 0. The highest BCUT2D eigenvalue weighted by atomic mass is 16.5. The van der Waals surface area contributed by atoms with E-state index in [0.29, 0.717) is 6.42 Å². The van der Waals surface area contributed by atoms with Gasteiger partial charge in [-0.2, -0.15) is 0 Å². The molecule has 1 rings (SSSR count). The summed E-state index contributed by atoms with van der Waals surface area (Å²) in [5.74, 6) is -1.44. The third-order valence-corrected chi connectivity index (χ3v) is 2.90. The van der Waals surface area contributed by atoms with Crippen molar-refractivity contribution in [1.82, 2.24) is 10.2 Å². The lowest BCUT2D eigenvalue weighted by Gasteiger charge is -2.22. The number of carbonyl (C=O) groups is 2. The number of hydrogen-bond acceptors (Lipinski definition) is 4. The average Bonchev–Trinajstić information content (AvgIpc) is 2.77. The predicted molar refractivity (Wildman–Crippen MR) is 67.7 cm³/mol. The molecule has 0 bridgehead atoms. The molecule has 0 saturated carbocycles. The van der Waals surface area contributed by atoms with E-state index in [1.807, 2.05) is 0 Å². The molecule has 0 aromatic heterocycles. The highest BCUT2D eigenvalue weighted by Crippen LogP contribution is 2.18. The Bertz CT molecular complexity index is 358. The van der Waals surface area contributed by atoms with Crippen LogP contribution >= 0.6 is 0 Å². The first-order chi connectivity index (χ1) is 8.93. The van der Waals surface area contributed by atoms with Gasteiger partial charge in [-0.25, -0.2) is 4.79 Å². The summed E-state index contributed by atoms with van der Waals surface area (Å²) in [7, 11) is 3.03. The molecule has 1 aliphatic carbocycles. The molecule has 0 spiro atoms. The summed E-state index contributed by atoms with van der Waals surface area (Å²) in [6.45, 7) is 0.306. The largest absolute Gasteiger partial charge is 0.481 e. The number of rotatable bonds is 6. The first-order valence-electron chi connectivity index (χ1n) is 6.03. The Balaban J connectivity index is 2.35. The third-order valence-electron chi connectivity index (χ3n) is 2.90. The number of carboxylic acid groups (broad SMARTS) is 1. The quantitative estimate of drug-likeness (QED) is 0.575. The molecule has 7 heteroatoms. The number of aliphatic hydroxyl groups is 1. The summed E-state index contributed by atoms with van der Waals surface area (Å²) in [4.78, 5) is 23.9. The lowest BCUT2D eigenvalue weighted by atomic mass is 10.1. The fourth-order valence-electron chi connectivity index (χ4n) is 1.90. The van der Waals surface area contributed by atoms with Gasteiger partial charge in [0, 0.05) is 14.2 Å². The molecule has 0 aromatic carbocycles. The zero-order valence-corrected chi connectivity index (χ0v) is 11.1. The highest BCUT2D eigenvalue weighted by molar-refractivity contribution is 5.76. The minimum atomic E-state index is -0.892. The van der Waals surface area contributed by atoms with Crippen molar-refractivity contribution in [2.75, 3.05) is 27.3 Å². The highest BCUT2D eigenvalue weighted by Gasteiger charge is 2.26. The molecule has 19 heavy (non-hydrogen) atoms. The Labute approximate surface area is 111 Å². The number of nitrogens with one attached hydrogen (secondary N) is 1. The number of methoxy groups -OCH3 is 1. The van der Waals surface area contributed by atoms with E-state index in [0.717, 1.165) is 0 Å². The maximum Gasteiger partial charge on any atom is 0.317 e. The first-order valence-corrected chi connectivity index (χ1v) is 6.03. The molecule has 0 saturated heterocycles. The van der Waals surface area contributed by atoms with E-state index in [2.05, 4.69) is 5.32 Å². The molecule has 0 radical (unpaired) electrons. The maximum atomic E-state index is 11.8. The number of likely N-dealkylation sites (N-methyl/N-ethyl adjacent to an activating group) is 1. The van der Waals surface area contributed by atoms with Gasteiger partial charge in [-0.15, -0.1) is 0 Å². The van der Waals surface area contributed by atoms with Crippen LogP contribution in [-0.2, 0) is 9.53 Å². The minimum absolute atomic E-state index is 0.151. The van der Waals surface area contributed by atoms with Crippen LogP contribution in [-0.4, -0.2) is 66.6 Å². The predicted octanol–water partition coefficient (Wildman–Crippen LogP) is -0.336. The molecule has 108 valence electrons. The van der Waals surface area contributed by atoms with E-state index in [1.165, 1.54) is 12.0 Å². The summed E-state index contributed by atoms with van der Waals surface area (Å²) < 4.78 is 4.77. The summed E-state index contributed by atoms with van der Waals surface area (Å²) in [6.07, 6.45) is 2.87. The van der Waals surface area contributed by atoms with Crippen molar-refractivity contribution in [2.24, 2.45) is 5.92 Å². The van der Waals surface area contributed by atoms with Crippen LogP contribution in [0.5, 0.6) is 0 Å². The lowest BCUT2D eigenvalue weighted by molar-refractivity contribution is -0.140. The van der Waals surface area contributed by atoms with E-state index < -0.39 is 18.0 Å². The lowest BCUT2D eigenvalue weighted by Crippen LogP contribution is -2.45. The Hall–Kier alpha value is -1.60. The molecule has 7 nitrogen and oxygen atoms in total. The smallest absolute Gasteiger partial charge is 0.317 e. The van der Waals surface area contributed by atoms with Crippen LogP contribution in [0.1, 0.15) is 6.42 Å². The SMILES string of the molecule is COCC(O)CN(C)C(=O)NC1C=CC(C(=O)O)C1. The van der Waals surface area contributed by atoms with Gasteiger partial charge in [0.15, 0.2) is 0 Å². The molecule has 2 amide bonds. The van der Waals surface area contributed by atoms with Crippen LogP contribution in [0.25, 0.3) is 0 Å². The number of aliphatic hydroxyl groups excluding tert-OH is 1. The Morgan fingerprint density at radius 2 is 2.21 bits per heavy atom. The van der Waals surface area contributed by atoms with E-state index in [1.54, 1.807) is 19.2 Å². The van der Waals surface area contributed by atoms with Gasteiger partial charge in [0.25, 0.3) is 0 Å². The van der Waals surface area contributed by atoms with Crippen molar-refractivity contribution in [3.8, 4) is 0 Å². The van der Waals surface area contributed by atoms with Crippen molar-refractivity contribution in [3.63, 3.8) is 0 Å². The Morgan fingerprint density at radius 1 is 1.53 bits per heavy atom. The average molecular weight is 272 g/mol. The Morgan fingerprint density at radius 3 is 2.74 bits per heavy atom. The molecule has 0 fully saturated rings. The summed E-state index contributed by atoms with van der Waals surface area (Å²) in [5, 5.41) is 21.0. The van der Waals surface area contributed by atoms with Gasteiger partial charge in [-0.3, -0.25) is 4.79 Å². The molecule has 0 aliphatic heterocycles. The number of carboxylic acids is 1. The molecule has 3 atom stereocenters. The van der Waals surface area contributed by atoms with Gasteiger partial charge >= 0.3 is 12.0 Å². The summed E-state index contributed by atoms with van der Waals surface area (Å²) in [6, 6.07) is -0.633. The van der Waals surface area contributed by atoms with E-state index in [-0.39, 0.29) is 25.2 Å². The van der Waals surface area contributed by atoms with Gasteiger partial charge in [0.2, 0.25) is 0 Å². The van der Waals surface area contributed by atoms with Gasteiger partial charge < -0.3 is 25.2 Å². The van der Waals surface area contributed by atoms with Crippen LogP contribution in [0.4, 0.5) is 4.79 Å². The van der Waals surface area contributed by atoms with Crippen LogP contribution in [0.15, 0.2) is 12.2 Å². The second kappa shape index (κ2) is 7.10. The second-order valence-corrected chi connectivity index (χ2v) is 4.61. The number of aliphatic carboxylic acids is 1. The number of ether oxygens (including phenoxy) is 1. The van der Waals surface area contributed by atoms with E-state index in [4.69, 9.17) is 9.84 Å². The molecule has 3 unspecified atom stereocenters. The Kier molecular flexibility index (Phi) is 5.78. The fourth-order valence-corrected chi connectivity index (χ4v) is 1.90. The van der Waals surface area contributed by atoms with Gasteiger partial charge in [-0.05, 0) is 6.42 Å². The maximum absolute atomic E-state index is 11.8. The molecule has 1 aliphatic rings. The fraction of sp³-hybridized carbons (Fsp3) is 0.667. The number of carbonyl (C=O) groups excluding carboxylic acids is 1.